The SMILES string of the molecule is Cc1sc2ncnc(SCC(=O)c3ccc(CNC(=O)C4CC4)o3)c2c1C. The first-order chi connectivity index (χ1) is 13.0. The highest BCUT2D eigenvalue weighted by molar-refractivity contribution is 8.00. The van der Waals surface area contributed by atoms with Crippen molar-refractivity contribution in [2.75, 3.05) is 5.75 Å². The van der Waals surface area contributed by atoms with Crippen molar-refractivity contribution in [2.45, 2.75) is 38.3 Å². The van der Waals surface area contributed by atoms with Crippen LogP contribution in [-0.2, 0) is 11.3 Å². The Morgan fingerprint density at radius 1 is 1.30 bits per heavy atom. The second-order valence-electron chi connectivity index (χ2n) is 6.61. The van der Waals surface area contributed by atoms with Gasteiger partial charge in [0, 0.05) is 16.2 Å². The Morgan fingerprint density at radius 2 is 2.11 bits per heavy atom. The van der Waals surface area contributed by atoms with Gasteiger partial charge in [-0.3, -0.25) is 9.59 Å². The molecule has 0 aliphatic heterocycles. The molecule has 8 heteroatoms. The number of furan rings is 1. The number of carbonyl (C=O) groups is 2. The number of thiophene rings is 1. The van der Waals surface area contributed by atoms with Gasteiger partial charge in [0.15, 0.2) is 5.76 Å². The molecule has 1 N–H and O–H groups in total. The van der Waals surface area contributed by atoms with Gasteiger partial charge in [-0.2, -0.15) is 0 Å². The molecule has 140 valence electrons. The highest BCUT2D eigenvalue weighted by Crippen LogP contribution is 2.34. The lowest BCUT2D eigenvalue weighted by molar-refractivity contribution is -0.122. The van der Waals surface area contributed by atoms with Gasteiger partial charge < -0.3 is 9.73 Å². The molecule has 6 nitrogen and oxygen atoms in total. The van der Waals surface area contributed by atoms with Gasteiger partial charge >= 0.3 is 0 Å². The Labute approximate surface area is 164 Å². The summed E-state index contributed by atoms with van der Waals surface area (Å²) in [6.45, 7) is 4.43. The van der Waals surface area contributed by atoms with E-state index in [0.717, 1.165) is 33.6 Å². The zero-order valence-electron chi connectivity index (χ0n) is 15.1. The molecule has 1 fully saturated rings. The highest BCUT2D eigenvalue weighted by Gasteiger charge is 2.29. The zero-order chi connectivity index (χ0) is 19.0. The average molecular weight is 402 g/mol. The fourth-order valence-corrected chi connectivity index (χ4v) is 4.74. The minimum absolute atomic E-state index is 0.0593. The number of fused-ring (bicyclic) bond motifs is 1. The van der Waals surface area contributed by atoms with Crippen LogP contribution < -0.4 is 5.32 Å². The monoisotopic (exact) mass is 401 g/mol. The van der Waals surface area contributed by atoms with Crippen molar-refractivity contribution in [1.82, 2.24) is 15.3 Å². The standard InChI is InChI=1S/C19H19N3O3S2/c1-10-11(2)27-19-16(10)18(21-9-22-19)26-8-14(23)15-6-5-13(25-15)7-20-17(24)12-3-4-12/h5-6,9,12H,3-4,7-8H2,1-2H3,(H,20,24). The molecule has 4 rings (SSSR count). The van der Waals surface area contributed by atoms with Crippen LogP contribution >= 0.6 is 23.1 Å². The van der Waals surface area contributed by atoms with E-state index in [1.807, 2.05) is 0 Å². The van der Waals surface area contributed by atoms with E-state index in [2.05, 4.69) is 29.1 Å². The molecule has 1 aliphatic rings. The molecule has 3 heterocycles. The minimum atomic E-state index is -0.101. The number of hydrogen-bond donors (Lipinski definition) is 1. The number of thioether (sulfide) groups is 1. The van der Waals surface area contributed by atoms with Crippen molar-refractivity contribution in [3.63, 3.8) is 0 Å². The summed E-state index contributed by atoms with van der Waals surface area (Å²) < 4.78 is 5.59. The molecule has 0 atom stereocenters. The van der Waals surface area contributed by atoms with Crippen molar-refractivity contribution in [1.29, 1.82) is 0 Å². The number of nitrogens with zero attached hydrogens (tertiary/aromatic N) is 2. The molecule has 0 saturated heterocycles. The van der Waals surface area contributed by atoms with Crippen LogP contribution in [0.3, 0.4) is 0 Å². The molecular weight excluding hydrogens is 382 g/mol. The third kappa shape index (κ3) is 3.91. The van der Waals surface area contributed by atoms with Gasteiger partial charge in [-0.25, -0.2) is 9.97 Å². The van der Waals surface area contributed by atoms with Crippen LogP contribution in [0.5, 0.6) is 0 Å². The first kappa shape index (κ1) is 18.2. The Hall–Kier alpha value is -2.19. The third-order valence-corrected chi connectivity index (χ3v) is 6.70. The molecule has 1 amide bonds. The molecule has 1 aliphatic carbocycles. The maximum atomic E-state index is 12.5. The van der Waals surface area contributed by atoms with Crippen molar-refractivity contribution in [3.05, 3.63) is 40.4 Å². The number of aromatic nitrogens is 2. The van der Waals surface area contributed by atoms with E-state index >= 15 is 0 Å². The normalized spacial score (nSPS) is 13.9. The number of ketones is 1. The van der Waals surface area contributed by atoms with Gasteiger partial charge in [0.1, 0.15) is 21.9 Å². The Balaban J connectivity index is 1.39. The van der Waals surface area contributed by atoms with Gasteiger partial charge in [0.05, 0.1) is 12.3 Å². The maximum Gasteiger partial charge on any atom is 0.223 e. The quantitative estimate of drug-likeness (QED) is 0.367. The number of amides is 1. The van der Waals surface area contributed by atoms with E-state index in [1.165, 1.54) is 23.0 Å². The largest absolute Gasteiger partial charge is 0.456 e. The molecule has 1 saturated carbocycles. The van der Waals surface area contributed by atoms with Crippen molar-refractivity contribution in [3.8, 4) is 0 Å². The van der Waals surface area contributed by atoms with Crippen LogP contribution in [0.25, 0.3) is 10.2 Å². The van der Waals surface area contributed by atoms with E-state index in [4.69, 9.17) is 4.42 Å². The van der Waals surface area contributed by atoms with Gasteiger partial charge in [0.2, 0.25) is 11.7 Å². The Kier molecular flexibility index (Phi) is 5.01. The van der Waals surface area contributed by atoms with Crippen molar-refractivity contribution < 1.29 is 14.0 Å². The zero-order valence-corrected chi connectivity index (χ0v) is 16.7. The van der Waals surface area contributed by atoms with Crippen LogP contribution in [-0.4, -0.2) is 27.4 Å². The number of rotatable bonds is 7. The number of aryl methyl sites for hydroxylation is 2. The second-order valence-corrected chi connectivity index (χ2v) is 8.78. The number of hydrogen-bond acceptors (Lipinski definition) is 7. The Morgan fingerprint density at radius 3 is 2.89 bits per heavy atom. The molecule has 0 spiro atoms. The average Bonchev–Trinajstić information content (AvgIpc) is 3.34. The van der Waals surface area contributed by atoms with Gasteiger partial charge in [-0.1, -0.05) is 11.8 Å². The predicted molar refractivity (Wildman–Crippen MR) is 105 cm³/mol. The van der Waals surface area contributed by atoms with Crippen molar-refractivity contribution in [2.24, 2.45) is 5.92 Å². The smallest absolute Gasteiger partial charge is 0.223 e. The summed E-state index contributed by atoms with van der Waals surface area (Å²) >= 11 is 3.03. The van der Waals surface area contributed by atoms with Crippen LogP contribution in [0.15, 0.2) is 27.9 Å². The molecule has 0 bridgehead atoms. The lowest BCUT2D eigenvalue weighted by atomic mass is 10.2. The molecule has 0 aromatic carbocycles. The van der Waals surface area contributed by atoms with E-state index < -0.39 is 0 Å². The molecule has 3 aromatic heterocycles. The fraction of sp³-hybridized carbons (Fsp3) is 0.368. The second kappa shape index (κ2) is 7.44. The molecule has 0 unspecified atom stereocenters. The third-order valence-electron chi connectivity index (χ3n) is 4.59. The number of Topliss-reactive ketones (excluding diaryl/α,β-unsaturated/α-hetero) is 1. The summed E-state index contributed by atoms with van der Waals surface area (Å²) in [5, 5.41) is 4.68. The summed E-state index contributed by atoms with van der Waals surface area (Å²) in [6.07, 6.45) is 3.47. The van der Waals surface area contributed by atoms with Gasteiger partial charge in [-0.15, -0.1) is 11.3 Å². The van der Waals surface area contributed by atoms with Crippen LogP contribution in [0.1, 0.15) is 39.6 Å². The summed E-state index contributed by atoms with van der Waals surface area (Å²) in [7, 11) is 0. The predicted octanol–water partition coefficient (Wildman–Crippen LogP) is 3.90. The minimum Gasteiger partial charge on any atom is -0.456 e. The van der Waals surface area contributed by atoms with Crippen LogP contribution in [0, 0.1) is 19.8 Å². The van der Waals surface area contributed by atoms with E-state index in [-0.39, 0.29) is 23.4 Å². The maximum absolute atomic E-state index is 12.5. The highest BCUT2D eigenvalue weighted by atomic mass is 32.2. The van der Waals surface area contributed by atoms with Crippen molar-refractivity contribution >= 4 is 45.0 Å². The van der Waals surface area contributed by atoms with Crippen LogP contribution in [0.2, 0.25) is 0 Å². The fourth-order valence-electron chi connectivity index (χ4n) is 2.75. The first-order valence-electron chi connectivity index (χ1n) is 8.76. The molecule has 0 radical (unpaired) electrons. The molecule has 3 aromatic rings. The molecular formula is C19H19N3O3S2. The lowest BCUT2D eigenvalue weighted by Gasteiger charge is -2.03. The summed E-state index contributed by atoms with van der Waals surface area (Å²) in [5.41, 5.74) is 1.16. The summed E-state index contributed by atoms with van der Waals surface area (Å²) in [4.78, 5) is 35.0. The Bertz CT molecular complexity index is 1020. The van der Waals surface area contributed by atoms with E-state index in [0.29, 0.717) is 18.1 Å². The van der Waals surface area contributed by atoms with E-state index in [1.54, 1.807) is 23.5 Å². The molecule has 27 heavy (non-hydrogen) atoms. The summed E-state index contributed by atoms with van der Waals surface area (Å²) in [6, 6.07) is 3.40. The van der Waals surface area contributed by atoms with Gasteiger partial charge in [-0.05, 0) is 44.4 Å². The van der Waals surface area contributed by atoms with Crippen LogP contribution in [0.4, 0.5) is 0 Å². The topological polar surface area (TPSA) is 85.1 Å². The first-order valence-corrected chi connectivity index (χ1v) is 10.6. The number of nitrogens with one attached hydrogen (secondary N) is 1. The summed E-state index contributed by atoms with van der Waals surface area (Å²) in [5.74, 6) is 1.25. The number of carbonyl (C=O) groups excluding carboxylic acids is 2. The van der Waals surface area contributed by atoms with E-state index in [9.17, 15) is 9.59 Å². The lowest BCUT2D eigenvalue weighted by Crippen LogP contribution is -2.23. The van der Waals surface area contributed by atoms with Gasteiger partial charge in [0.25, 0.3) is 0 Å².